The van der Waals surface area contributed by atoms with Crippen LogP contribution in [-0.2, 0) is 22.7 Å². The summed E-state index contributed by atoms with van der Waals surface area (Å²) in [7, 11) is -9.30. The van der Waals surface area contributed by atoms with Crippen LogP contribution in [0.25, 0.3) is 0 Å². The van der Waals surface area contributed by atoms with Gasteiger partial charge in [-0.25, -0.2) is 0 Å². The van der Waals surface area contributed by atoms with Crippen molar-refractivity contribution < 1.29 is 57.2 Å². The van der Waals surface area contributed by atoms with E-state index in [0.29, 0.717) is 0 Å². The van der Waals surface area contributed by atoms with E-state index in [1.165, 1.54) is 13.8 Å². The van der Waals surface area contributed by atoms with E-state index in [-0.39, 0.29) is 29.6 Å². The summed E-state index contributed by atoms with van der Waals surface area (Å²) in [5.74, 6) is 0. The second-order valence-electron chi connectivity index (χ2n) is 4.97. The second-order valence-corrected chi connectivity index (χ2v) is 11.7. The van der Waals surface area contributed by atoms with Gasteiger partial charge in [0.25, 0.3) is 3.82 Å². The van der Waals surface area contributed by atoms with Gasteiger partial charge in [-0.15, -0.1) is 0 Å². The molecular formula is C10H21Cl2NaO6P2. The monoisotopic (exact) mass is 392 g/mol. The summed E-state index contributed by atoms with van der Waals surface area (Å²) in [5.41, 5.74) is 0. The second kappa shape index (κ2) is 9.39. The van der Waals surface area contributed by atoms with Crippen LogP contribution < -0.4 is 34.5 Å². The molecule has 122 valence electrons. The molecule has 21 heavy (non-hydrogen) atoms. The van der Waals surface area contributed by atoms with Crippen LogP contribution in [0, 0.1) is 0 Å². The van der Waals surface area contributed by atoms with Gasteiger partial charge in [-0.05, 0) is 41.5 Å². The third kappa shape index (κ3) is 7.11. The average Bonchev–Trinajstić information content (AvgIpc) is 2.11. The summed E-state index contributed by atoms with van der Waals surface area (Å²) in [6.45, 7) is 9.18. The van der Waals surface area contributed by atoms with E-state index in [0.717, 1.165) is 0 Å². The molecule has 0 fully saturated rings. The first-order valence-corrected chi connectivity index (χ1v) is 9.93. The van der Waals surface area contributed by atoms with Gasteiger partial charge in [0, 0.05) is 0 Å². The van der Waals surface area contributed by atoms with Crippen LogP contribution in [0.5, 0.6) is 0 Å². The molecule has 0 radical (unpaired) electrons. The Bertz CT molecular complexity index is 402. The Morgan fingerprint density at radius 2 is 1.14 bits per heavy atom. The molecule has 11 heteroatoms. The zero-order valence-corrected chi connectivity index (χ0v) is 18.6. The molecule has 0 rings (SSSR count). The van der Waals surface area contributed by atoms with E-state index in [1.54, 1.807) is 27.7 Å². The molecule has 1 atom stereocenters. The average molecular weight is 393 g/mol. The van der Waals surface area contributed by atoms with E-state index in [9.17, 15) is 14.0 Å². The molecule has 0 aromatic heterocycles. The summed E-state index contributed by atoms with van der Waals surface area (Å²) >= 11 is 11.6. The van der Waals surface area contributed by atoms with Crippen molar-refractivity contribution in [3.63, 3.8) is 0 Å². The molecule has 1 unspecified atom stereocenters. The van der Waals surface area contributed by atoms with E-state index < -0.39 is 37.3 Å². The Morgan fingerprint density at radius 1 is 0.857 bits per heavy atom. The molecule has 0 aromatic rings. The molecule has 0 spiro atoms. The summed E-state index contributed by atoms with van der Waals surface area (Å²) in [6, 6.07) is 0. The van der Waals surface area contributed by atoms with Gasteiger partial charge in [-0.3, -0.25) is 4.57 Å². The van der Waals surface area contributed by atoms with Crippen molar-refractivity contribution in [2.24, 2.45) is 0 Å². The summed E-state index contributed by atoms with van der Waals surface area (Å²) in [4.78, 5) is 12.1. The van der Waals surface area contributed by atoms with E-state index >= 15 is 0 Å². The minimum atomic E-state index is -4.92. The van der Waals surface area contributed by atoms with Crippen molar-refractivity contribution >= 4 is 38.4 Å². The smallest absolute Gasteiger partial charge is 0.776 e. The van der Waals surface area contributed by atoms with Gasteiger partial charge in [0.2, 0.25) is 0 Å². The third-order valence-electron chi connectivity index (χ3n) is 1.71. The molecule has 0 aliphatic rings. The molecule has 0 saturated carbocycles. The number of alkyl halides is 2. The molecule has 0 aliphatic carbocycles. The van der Waals surface area contributed by atoms with E-state index in [1.807, 2.05) is 0 Å². The van der Waals surface area contributed by atoms with Crippen molar-refractivity contribution in [2.75, 3.05) is 0 Å². The molecular weight excluding hydrogens is 372 g/mol. The molecule has 0 saturated heterocycles. The molecule has 0 N–H and O–H groups in total. The Morgan fingerprint density at radius 3 is 1.38 bits per heavy atom. The Labute approximate surface area is 158 Å². The Hall–Kier alpha value is 1.88. The largest absolute Gasteiger partial charge is 1.00 e. The number of rotatable bonds is 8. The SMILES string of the molecule is CC(C)OP(=O)([O-])C(Cl)(Cl)P(=O)(OC(C)C)OC(C)C.[Na+]. The summed E-state index contributed by atoms with van der Waals surface area (Å²) in [6.07, 6.45) is -1.91. The fourth-order valence-corrected chi connectivity index (χ4v) is 5.63. The first kappa shape index (κ1) is 25.1. The normalized spacial score (nSPS) is 16.2. The summed E-state index contributed by atoms with van der Waals surface area (Å²) in [5, 5.41) is 0. The van der Waals surface area contributed by atoms with Crippen molar-refractivity contribution in [3.8, 4) is 0 Å². The fraction of sp³-hybridized carbons (Fsp3) is 1.00. The predicted octanol–water partition coefficient (Wildman–Crippen LogP) is 1.10. The zero-order valence-electron chi connectivity index (χ0n) is 13.3. The minimum Gasteiger partial charge on any atom is -0.776 e. The van der Waals surface area contributed by atoms with Crippen molar-refractivity contribution in [1.82, 2.24) is 0 Å². The van der Waals surface area contributed by atoms with E-state index in [2.05, 4.69) is 0 Å². The quantitative estimate of drug-likeness (QED) is 0.349. The fourth-order valence-electron chi connectivity index (χ4n) is 1.20. The van der Waals surface area contributed by atoms with Gasteiger partial charge in [0.15, 0.2) is 7.60 Å². The predicted molar refractivity (Wildman–Crippen MR) is 78.3 cm³/mol. The molecule has 6 nitrogen and oxygen atoms in total. The third-order valence-corrected chi connectivity index (χ3v) is 9.08. The molecule has 0 aliphatic heterocycles. The molecule has 0 amide bonds. The van der Waals surface area contributed by atoms with Gasteiger partial charge >= 0.3 is 37.2 Å². The van der Waals surface area contributed by atoms with Gasteiger partial charge in [-0.2, -0.15) is 0 Å². The summed E-state index contributed by atoms with van der Waals surface area (Å²) < 4.78 is 36.9. The Kier molecular flexibility index (Phi) is 11.2. The molecule has 0 aromatic carbocycles. The van der Waals surface area contributed by atoms with Crippen molar-refractivity contribution in [3.05, 3.63) is 0 Å². The first-order valence-electron chi connectivity index (χ1n) is 6.09. The molecule has 0 bridgehead atoms. The van der Waals surface area contributed by atoms with Crippen LogP contribution in [0.2, 0.25) is 0 Å². The van der Waals surface area contributed by atoms with Crippen LogP contribution in [0.4, 0.5) is 0 Å². The number of hydrogen-bond donors (Lipinski definition) is 0. The van der Waals surface area contributed by atoms with Crippen LogP contribution in [-0.4, -0.2) is 22.1 Å². The van der Waals surface area contributed by atoms with Crippen molar-refractivity contribution in [1.29, 1.82) is 0 Å². The van der Waals surface area contributed by atoms with Crippen LogP contribution >= 0.6 is 38.4 Å². The number of hydrogen-bond acceptors (Lipinski definition) is 6. The standard InChI is InChI=1S/C10H22Cl2O6P2.Na/c1-7(2)16-19(13,14)10(11,12)20(15,17-8(3)4)18-9(5)6;/h7-9H,1-6H3,(H,13,14);/q;+1/p-1. The van der Waals surface area contributed by atoms with Crippen molar-refractivity contribution in [2.45, 2.75) is 63.7 Å². The minimum absolute atomic E-state index is 0. The first-order chi connectivity index (χ1) is 8.75. The van der Waals surface area contributed by atoms with Gasteiger partial charge < -0.3 is 23.0 Å². The maximum absolute atomic E-state index is 12.7. The van der Waals surface area contributed by atoms with Crippen LogP contribution in [0.15, 0.2) is 0 Å². The Balaban J connectivity index is 0. The zero-order chi connectivity index (χ0) is 16.4. The van der Waals surface area contributed by atoms with E-state index in [4.69, 9.17) is 36.8 Å². The number of halogens is 2. The van der Waals surface area contributed by atoms with Gasteiger partial charge in [-0.1, -0.05) is 23.2 Å². The van der Waals surface area contributed by atoms with Crippen LogP contribution in [0.3, 0.4) is 0 Å². The molecule has 0 heterocycles. The topological polar surface area (TPSA) is 84.9 Å². The van der Waals surface area contributed by atoms with Gasteiger partial charge in [0.1, 0.15) is 0 Å². The van der Waals surface area contributed by atoms with Crippen LogP contribution in [0.1, 0.15) is 41.5 Å². The maximum atomic E-state index is 12.7. The maximum Gasteiger partial charge on any atom is 1.00 e. The van der Waals surface area contributed by atoms with Gasteiger partial charge in [0.05, 0.1) is 18.3 Å².